The number of piperidine rings is 1. The van der Waals surface area contributed by atoms with Crippen molar-refractivity contribution in [1.29, 1.82) is 0 Å². The SMILES string of the molecule is Clc1cc(Cl)c(-c2cc(Nc3ccccc3)c3c(c2)C2CNCCC2O3)c(Cl)c1. The number of nitrogens with one attached hydrogen (secondary N) is 2. The van der Waals surface area contributed by atoms with Gasteiger partial charge in [-0.1, -0.05) is 53.0 Å². The summed E-state index contributed by atoms with van der Waals surface area (Å²) in [4.78, 5) is 0. The maximum Gasteiger partial charge on any atom is 0.146 e. The van der Waals surface area contributed by atoms with Gasteiger partial charge in [0.2, 0.25) is 0 Å². The first kappa shape index (κ1) is 19.1. The summed E-state index contributed by atoms with van der Waals surface area (Å²) in [6.45, 7) is 1.87. The monoisotopic (exact) mass is 444 g/mol. The fraction of sp³-hybridized carbons (Fsp3) is 0.217. The highest BCUT2D eigenvalue weighted by Crippen LogP contribution is 2.49. The summed E-state index contributed by atoms with van der Waals surface area (Å²) in [5.74, 6) is 1.22. The van der Waals surface area contributed by atoms with E-state index >= 15 is 0 Å². The van der Waals surface area contributed by atoms with Crippen molar-refractivity contribution in [3.8, 4) is 16.9 Å². The molecule has 2 N–H and O–H groups in total. The summed E-state index contributed by atoms with van der Waals surface area (Å²) in [6.07, 6.45) is 1.18. The lowest BCUT2D eigenvalue weighted by Gasteiger charge is -2.24. The van der Waals surface area contributed by atoms with Crippen molar-refractivity contribution in [1.82, 2.24) is 5.32 Å². The Hall–Kier alpha value is -1.91. The van der Waals surface area contributed by atoms with E-state index in [1.807, 2.05) is 30.3 Å². The van der Waals surface area contributed by atoms with Crippen molar-refractivity contribution >= 4 is 46.2 Å². The van der Waals surface area contributed by atoms with Crippen molar-refractivity contribution < 1.29 is 4.74 Å². The Kier molecular flexibility index (Phi) is 5.09. The Labute approximate surface area is 184 Å². The molecule has 0 amide bonds. The minimum atomic E-state index is 0.189. The number of hydrogen-bond acceptors (Lipinski definition) is 3. The van der Waals surface area contributed by atoms with Gasteiger partial charge >= 0.3 is 0 Å². The molecule has 2 heterocycles. The van der Waals surface area contributed by atoms with Crippen LogP contribution in [-0.2, 0) is 0 Å². The van der Waals surface area contributed by atoms with Crippen LogP contribution in [0.3, 0.4) is 0 Å². The predicted molar refractivity (Wildman–Crippen MR) is 121 cm³/mol. The van der Waals surface area contributed by atoms with Crippen molar-refractivity contribution in [2.75, 3.05) is 18.4 Å². The van der Waals surface area contributed by atoms with E-state index < -0.39 is 0 Å². The van der Waals surface area contributed by atoms with Gasteiger partial charge in [0.1, 0.15) is 11.9 Å². The molecule has 3 aromatic rings. The average Bonchev–Trinajstić information content (AvgIpc) is 3.07. The van der Waals surface area contributed by atoms with Gasteiger partial charge in [0, 0.05) is 34.3 Å². The first-order chi connectivity index (χ1) is 14.1. The van der Waals surface area contributed by atoms with Crippen LogP contribution in [0.2, 0.25) is 15.1 Å². The molecule has 1 saturated heterocycles. The van der Waals surface area contributed by atoms with Crippen LogP contribution in [-0.4, -0.2) is 19.2 Å². The fourth-order valence-electron chi connectivity index (χ4n) is 4.23. The Morgan fingerprint density at radius 2 is 1.72 bits per heavy atom. The molecule has 0 radical (unpaired) electrons. The molecule has 1 fully saturated rings. The quantitative estimate of drug-likeness (QED) is 0.460. The van der Waals surface area contributed by atoms with Crippen LogP contribution in [0, 0.1) is 0 Å². The van der Waals surface area contributed by atoms with Crippen LogP contribution in [0.5, 0.6) is 5.75 Å². The molecule has 6 heteroatoms. The number of hydrogen-bond donors (Lipinski definition) is 2. The molecule has 0 spiro atoms. The van der Waals surface area contributed by atoms with Gasteiger partial charge < -0.3 is 15.4 Å². The second-order valence-electron chi connectivity index (χ2n) is 7.43. The van der Waals surface area contributed by atoms with E-state index in [1.54, 1.807) is 12.1 Å². The van der Waals surface area contributed by atoms with Gasteiger partial charge in [-0.3, -0.25) is 0 Å². The molecule has 0 bridgehead atoms. The zero-order valence-electron chi connectivity index (χ0n) is 15.5. The zero-order chi connectivity index (χ0) is 20.0. The van der Waals surface area contributed by atoms with Gasteiger partial charge in [-0.05, 0) is 54.9 Å². The molecule has 29 heavy (non-hydrogen) atoms. The minimum absolute atomic E-state index is 0.189. The molecule has 3 aromatic carbocycles. The summed E-state index contributed by atoms with van der Waals surface area (Å²) < 4.78 is 6.40. The van der Waals surface area contributed by atoms with Crippen LogP contribution < -0.4 is 15.4 Å². The predicted octanol–water partition coefficient (Wildman–Crippen LogP) is 6.90. The molecule has 0 saturated carbocycles. The largest absolute Gasteiger partial charge is 0.487 e. The number of rotatable bonds is 3. The van der Waals surface area contributed by atoms with Crippen LogP contribution >= 0.6 is 34.8 Å². The Morgan fingerprint density at radius 3 is 2.48 bits per heavy atom. The summed E-state index contributed by atoms with van der Waals surface area (Å²) in [5, 5.41) is 8.59. The Bertz CT molecular complexity index is 1050. The smallest absolute Gasteiger partial charge is 0.146 e. The molecule has 2 atom stereocenters. The molecule has 2 aliphatic rings. The number of fused-ring (bicyclic) bond motifs is 3. The van der Waals surface area contributed by atoms with Gasteiger partial charge in [0.25, 0.3) is 0 Å². The van der Waals surface area contributed by atoms with Gasteiger partial charge in [-0.15, -0.1) is 0 Å². The van der Waals surface area contributed by atoms with E-state index in [-0.39, 0.29) is 6.10 Å². The normalized spacial score (nSPS) is 20.0. The molecule has 2 aliphatic heterocycles. The van der Waals surface area contributed by atoms with Gasteiger partial charge in [-0.2, -0.15) is 0 Å². The second kappa shape index (κ2) is 7.73. The van der Waals surface area contributed by atoms with Crippen molar-refractivity contribution in [2.24, 2.45) is 0 Å². The zero-order valence-corrected chi connectivity index (χ0v) is 17.8. The van der Waals surface area contributed by atoms with Gasteiger partial charge in [0.05, 0.1) is 15.7 Å². The Balaban J connectivity index is 1.67. The molecule has 5 rings (SSSR count). The molecular weight excluding hydrogens is 427 g/mol. The highest BCUT2D eigenvalue weighted by Gasteiger charge is 2.38. The lowest BCUT2D eigenvalue weighted by atomic mass is 9.88. The summed E-state index contributed by atoms with van der Waals surface area (Å²) in [7, 11) is 0. The maximum atomic E-state index is 6.54. The van der Waals surface area contributed by atoms with E-state index in [4.69, 9.17) is 39.5 Å². The Morgan fingerprint density at radius 1 is 0.966 bits per heavy atom. The molecule has 3 nitrogen and oxygen atoms in total. The third kappa shape index (κ3) is 3.57. The third-order valence-electron chi connectivity index (χ3n) is 5.55. The highest BCUT2D eigenvalue weighted by atomic mass is 35.5. The number of benzene rings is 3. The van der Waals surface area contributed by atoms with E-state index in [0.717, 1.165) is 47.8 Å². The lowest BCUT2D eigenvalue weighted by molar-refractivity contribution is 0.173. The number of ether oxygens (including phenoxy) is 1. The number of anilines is 2. The number of halogens is 3. The lowest BCUT2D eigenvalue weighted by Crippen LogP contribution is -2.37. The highest BCUT2D eigenvalue weighted by molar-refractivity contribution is 6.41. The summed E-state index contributed by atoms with van der Waals surface area (Å²) >= 11 is 19.2. The van der Waals surface area contributed by atoms with E-state index in [0.29, 0.717) is 21.0 Å². The van der Waals surface area contributed by atoms with E-state index in [1.165, 1.54) is 5.56 Å². The van der Waals surface area contributed by atoms with Gasteiger partial charge in [-0.25, -0.2) is 0 Å². The standard InChI is InChI=1S/C23H19Cl3N2O/c24-14-10-18(25)22(19(26)11-14)13-8-16-17-12-27-7-6-21(17)29-23(16)20(9-13)28-15-4-2-1-3-5-15/h1-5,8-11,17,21,27-28H,6-7,12H2. The number of para-hydroxylation sites is 1. The summed E-state index contributed by atoms with van der Waals surface area (Å²) in [5.41, 5.74) is 4.82. The molecule has 0 aliphatic carbocycles. The van der Waals surface area contributed by atoms with Crippen molar-refractivity contribution in [3.63, 3.8) is 0 Å². The average molecular weight is 446 g/mol. The third-order valence-corrected chi connectivity index (χ3v) is 6.37. The molecule has 2 unspecified atom stereocenters. The maximum absolute atomic E-state index is 6.54. The summed E-state index contributed by atoms with van der Waals surface area (Å²) in [6, 6.07) is 17.7. The molecule has 148 valence electrons. The van der Waals surface area contributed by atoms with Crippen molar-refractivity contribution in [2.45, 2.75) is 18.4 Å². The van der Waals surface area contributed by atoms with E-state index in [2.05, 4.69) is 22.8 Å². The minimum Gasteiger partial charge on any atom is -0.487 e. The molecule has 0 aromatic heterocycles. The van der Waals surface area contributed by atoms with Crippen LogP contribution in [0.15, 0.2) is 54.6 Å². The first-order valence-corrected chi connectivity index (χ1v) is 10.8. The molecular formula is C23H19Cl3N2O. The van der Waals surface area contributed by atoms with E-state index in [9.17, 15) is 0 Å². The van der Waals surface area contributed by atoms with Crippen LogP contribution in [0.25, 0.3) is 11.1 Å². The van der Waals surface area contributed by atoms with Gasteiger partial charge in [0.15, 0.2) is 0 Å². The second-order valence-corrected chi connectivity index (χ2v) is 8.68. The fourth-order valence-corrected chi connectivity index (χ4v) is 5.26. The topological polar surface area (TPSA) is 33.3 Å². The first-order valence-electron chi connectivity index (χ1n) is 9.62. The van der Waals surface area contributed by atoms with Crippen LogP contribution in [0.4, 0.5) is 11.4 Å². The van der Waals surface area contributed by atoms with Crippen molar-refractivity contribution in [3.05, 3.63) is 75.2 Å². The van der Waals surface area contributed by atoms with Crippen LogP contribution in [0.1, 0.15) is 17.9 Å².